The van der Waals surface area contributed by atoms with Crippen LogP contribution in [0, 0.1) is 5.92 Å². The maximum absolute atomic E-state index is 12.1. The molecule has 0 aromatic heterocycles. The van der Waals surface area contributed by atoms with E-state index in [4.69, 9.17) is 19.3 Å². The van der Waals surface area contributed by atoms with Crippen molar-refractivity contribution in [3.05, 3.63) is 130 Å². The van der Waals surface area contributed by atoms with Gasteiger partial charge in [0.2, 0.25) is 0 Å². The van der Waals surface area contributed by atoms with Crippen LogP contribution in [0.1, 0.15) is 110 Å². The quantitative estimate of drug-likeness (QED) is 0.116. The van der Waals surface area contributed by atoms with Gasteiger partial charge in [-0.05, 0) is 102 Å². The van der Waals surface area contributed by atoms with Gasteiger partial charge in [-0.1, -0.05) is 108 Å². The smallest absolute Gasteiger partial charge is 0.340 e. The number of ether oxygens (including phenoxy) is 3. The fourth-order valence-electron chi connectivity index (χ4n) is 5.75. The predicted octanol–water partition coefficient (Wildman–Crippen LogP) is 9.75. The number of phenolic OH excluding ortho intramolecular Hbond substituents is 1. The molecule has 1 N–H and O–H groups in total. The van der Waals surface area contributed by atoms with Crippen LogP contribution in [0.15, 0.2) is 97.1 Å². The zero-order chi connectivity index (χ0) is 34.6. The van der Waals surface area contributed by atoms with E-state index < -0.39 is 0 Å². The number of esters is 2. The standard InChI is InChI=1S/C21H24O3.C11H12O2.C10H14O/c1-3-15(2)16-8-10-17(11-9-16)21(22)24-14-23-20-12-18-6-4-5-7-19(18)13-20;1-7-8(2)11(12)13-10-6-4-3-5-9(7)10;1-3-8(2)9-4-6-10(11)7-5-9/h4-11,15,20H,3,12-14H2,1-2H3;3-8H,1-2H3;4-8,11H,3H2,1-2H3. The van der Waals surface area contributed by atoms with Gasteiger partial charge in [0.05, 0.1) is 17.6 Å². The van der Waals surface area contributed by atoms with E-state index >= 15 is 0 Å². The van der Waals surface area contributed by atoms with Crippen LogP contribution in [0.5, 0.6) is 11.5 Å². The van der Waals surface area contributed by atoms with Crippen LogP contribution in [0.4, 0.5) is 0 Å². The molecule has 4 unspecified atom stereocenters. The molecule has 4 atom stereocenters. The number of para-hydroxylation sites is 1. The lowest BCUT2D eigenvalue weighted by atomic mass is 9.86. The third kappa shape index (κ3) is 9.80. The van der Waals surface area contributed by atoms with Crippen LogP contribution in [-0.2, 0) is 27.1 Å². The summed E-state index contributed by atoms with van der Waals surface area (Å²) in [6, 6.07) is 31.1. The third-order valence-electron chi connectivity index (χ3n) is 9.65. The van der Waals surface area contributed by atoms with Crippen molar-refractivity contribution in [2.75, 3.05) is 6.79 Å². The number of carbonyl (C=O) groups excluding carboxylic acids is 2. The molecule has 0 bridgehead atoms. The molecule has 0 saturated heterocycles. The average Bonchev–Trinajstić information content (AvgIpc) is 3.54. The molecule has 4 aromatic rings. The molecule has 0 fully saturated rings. The molecule has 1 aliphatic heterocycles. The first-order chi connectivity index (χ1) is 23.1. The van der Waals surface area contributed by atoms with E-state index in [0.29, 0.717) is 23.1 Å². The van der Waals surface area contributed by atoms with Crippen molar-refractivity contribution in [1.29, 1.82) is 0 Å². The van der Waals surface area contributed by atoms with Gasteiger partial charge in [-0.15, -0.1) is 0 Å². The molecule has 6 rings (SSSR count). The summed E-state index contributed by atoms with van der Waals surface area (Å²) in [5, 5.41) is 9.01. The van der Waals surface area contributed by atoms with Crippen molar-refractivity contribution < 1.29 is 28.9 Å². The van der Waals surface area contributed by atoms with E-state index in [-0.39, 0.29) is 36.7 Å². The predicted molar refractivity (Wildman–Crippen MR) is 191 cm³/mol. The Bertz CT molecular complexity index is 1590. The van der Waals surface area contributed by atoms with E-state index in [1.165, 1.54) is 22.3 Å². The Morgan fingerprint density at radius 2 is 1.29 bits per heavy atom. The van der Waals surface area contributed by atoms with Gasteiger partial charge >= 0.3 is 11.9 Å². The second-order valence-electron chi connectivity index (χ2n) is 12.9. The van der Waals surface area contributed by atoms with Crippen LogP contribution < -0.4 is 4.74 Å². The highest BCUT2D eigenvalue weighted by molar-refractivity contribution is 5.89. The summed E-state index contributed by atoms with van der Waals surface area (Å²) >= 11 is 0. The third-order valence-corrected chi connectivity index (χ3v) is 9.65. The van der Waals surface area contributed by atoms with Gasteiger partial charge in [-0.3, -0.25) is 4.79 Å². The van der Waals surface area contributed by atoms with Crippen molar-refractivity contribution >= 4 is 11.9 Å². The highest BCUT2D eigenvalue weighted by Gasteiger charge is 2.30. The normalized spacial score (nSPS) is 17.7. The minimum Gasteiger partial charge on any atom is -0.508 e. The molecular weight excluding hydrogens is 600 g/mol. The van der Waals surface area contributed by atoms with E-state index in [2.05, 4.69) is 46.8 Å². The van der Waals surface area contributed by atoms with Crippen molar-refractivity contribution in [3.8, 4) is 11.5 Å². The van der Waals surface area contributed by atoms with E-state index in [1.807, 2.05) is 79.7 Å². The highest BCUT2D eigenvalue weighted by Crippen LogP contribution is 2.36. The van der Waals surface area contributed by atoms with E-state index in [9.17, 15) is 9.59 Å². The molecule has 2 aliphatic rings. The number of fused-ring (bicyclic) bond motifs is 2. The lowest BCUT2D eigenvalue weighted by Crippen LogP contribution is -2.27. The topological polar surface area (TPSA) is 82.1 Å². The summed E-state index contributed by atoms with van der Waals surface area (Å²) in [4.78, 5) is 23.4. The van der Waals surface area contributed by atoms with Gasteiger partial charge in [0, 0.05) is 0 Å². The van der Waals surface area contributed by atoms with Gasteiger partial charge in [0.15, 0.2) is 6.79 Å². The van der Waals surface area contributed by atoms with Crippen molar-refractivity contribution in [3.63, 3.8) is 0 Å². The van der Waals surface area contributed by atoms with Gasteiger partial charge in [0.1, 0.15) is 11.5 Å². The maximum atomic E-state index is 12.1. The van der Waals surface area contributed by atoms with Gasteiger partial charge in [0.25, 0.3) is 0 Å². The number of aromatic hydroxyl groups is 1. The largest absolute Gasteiger partial charge is 0.508 e. The first kappa shape index (κ1) is 36.4. The maximum Gasteiger partial charge on any atom is 0.340 e. The SMILES string of the molecule is CC1C(=O)Oc2ccccc2C1C.CCC(C)c1ccc(C(=O)OCOC2Cc3ccccc3C2)cc1.CCC(C)c1ccc(O)cc1. The molecule has 4 aromatic carbocycles. The van der Waals surface area contributed by atoms with Crippen LogP contribution in [0.25, 0.3) is 0 Å². The Labute approximate surface area is 286 Å². The van der Waals surface area contributed by atoms with E-state index in [1.54, 1.807) is 12.1 Å². The summed E-state index contributed by atoms with van der Waals surface area (Å²) in [6.45, 7) is 12.7. The molecule has 6 heteroatoms. The molecule has 0 spiro atoms. The molecule has 1 heterocycles. The minimum absolute atomic E-state index is 0.00457. The zero-order valence-electron chi connectivity index (χ0n) is 29.1. The molecule has 0 amide bonds. The van der Waals surface area contributed by atoms with Crippen LogP contribution in [0.2, 0.25) is 0 Å². The Balaban J connectivity index is 0.000000182. The van der Waals surface area contributed by atoms with Crippen LogP contribution >= 0.6 is 0 Å². The minimum atomic E-state index is -0.332. The fourth-order valence-corrected chi connectivity index (χ4v) is 5.75. The number of hydrogen-bond acceptors (Lipinski definition) is 6. The Morgan fingerprint density at radius 3 is 1.85 bits per heavy atom. The van der Waals surface area contributed by atoms with E-state index in [0.717, 1.165) is 37.0 Å². The Hall–Kier alpha value is -4.42. The van der Waals surface area contributed by atoms with Gasteiger partial charge in [-0.25, -0.2) is 4.79 Å². The highest BCUT2D eigenvalue weighted by atomic mass is 16.7. The number of rotatable bonds is 8. The summed E-state index contributed by atoms with van der Waals surface area (Å²) in [5.74, 6) is 1.94. The van der Waals surface area contributed by atoms with Crippen molar-refractivity contribution in [1.82, 2.24) is 0 Å². The number of carbonyl (C=O) groups is 2. The summed E-state index contributed by atoms with van der Waals surface area (Å²) < 4.78 is 16.1. The molecule has 6 nitrogen and oxygen atoms in total. The number of hydrogen-bond donors (Lipinski definition) is 1. The zero-order valence-corrected chi connectivity index (χ0v) is 29.1. The lowest BCUT2D eigenvalue weighted by molar-refractivity contribution is -0.140. The molecule has 48 heavy (non-hydrogen) atoms. The average molecular weight is 651 g/mol. The van der Waals surface area contributed by atoms with Crippen molar-refractivity contribution in [2.45, 2.75) is 91.1 Å². The van der Waals surface area contributed by atoms with Gasteiger partial charge < -0.3 is 19.3 Å². The lowest BCUT2D eigenvalue weighted by Gasteiger charge is -2.26. The summed E-state index contributed by atoms with van der Waals surface area (Å²) in [6.07, 6.45) is 4.10. The Kier molecular flexibility index (Phi) is 13.4. The number of phenols is 1. The molecule has 0 saturated carbocycles. The van der Waals surface area contributed by atoms with Crippen LogP contribution in [0.3, 0.4) is 0 Å². The first-order valence-corrected chi connectivity index (χ1v) is 17.2. The monoisotopic (exact) mass is 650 g/mol. The first-order valence-electron chi connectivity index (χ1n) is 17.2. The molecular formula is C42H50O6. The summed E-state index contributed by atoms with van der Waals surface area (Å²) in [7, 11) is 0. The van der Waals surface area contributed by atoms with Crippen LogP contribution in [-0.4, -0.2) is 29.9 Å². The molecule has 1 aliphatic carbocycles. The van der Waals surface area contributed by atoms with Gasteiger partial charge in [-0.2, -0.15) is 0 Å². The number of benzene rings is 4. The second kappa shape index (κ2) is 17.7. The molecule has 0 radical (unpaired) electrons. The Morgan fingerprint density at radius 1 is 0.771 bits per heavy atom. The second-order valence-corrected chi connectivity index (χ2v) is 12.9. The molecule has 254 valence electrons. The summed E-state index contributed by atoms with van der Waals surface area (Å²) in [5.41, 5.74) is 6.90. The fraction of sp³-hybridized carbons (Fsp3) is 0.381. The van der Waals surface area contributed by atoms with Crippen molar-refractivity contribution in [2.24, 2.45) is 5.92 Å².